The lowest BCUT2D eigenvalue weighted by atomic mass is 9.73. The Morgan fingerprint density at radius 1 is 1.29 bits per heavy atom. The third-order valence-electron chi connectivity index (χ3n) is 4.64. The van der Waals surface area contributed by atoms with Crippen LogP contribution in [-0.2, 0) is 6.42 Å². The van der Waals surface area contributed by atoms with Gasteiger partial charge in [-0.2, -0.15) is 0 Å². The van der Waals surface area contributed by atoms with E-state index in [0.717, 1.165) is 19.5 Å². The number of rotatable bonds is 1. The van der Waals surface area contributed by atoms with E-state index in [1.807, 2.05) is 6.20 Å². The number of likely N-dealkylation sites (tertiary alicyclic amines) is 1. The van der Waals surface area contributed by atoms with Crippen molar-refractivity contribution in [2.24, 2.45) is 11.1 Å². The minimum atomic E-state index is 0.227. The Morgan fingerprint density at radius 2 is 2.00 bits per heavy atom. The maximum absolute atomic E-state index is 6.50. The van der Waals surface area contributed by atoms with Gasteiger partial charge in [-0.05, 0) is 42.0 Å². The van der Waals surface area contributed by atoms with Gasteiger partial charge in [-0.3, -0.25) is 0 Å². The van der Waals surface area contributed by atoms with Crippen LogP contribution < -0.4 is 5.73 Å². The highest BCUT2D eigenvalue weighted by atomic mass is 15.1. The maximum Gasteiger partial charge on any atom is 0.0359 e. The van der Waals surface area contributed by atoms with Crippen molar-refractivity contribution in [3.05, 3.63) is 48.2 Å². The molecule has 1 aromatic carbocycles. The molecule has 1 saturated heterocycles. The normalized spacial score (nSPS) is 25.9. The highest BCUT2D eigenvalue weighted by Gasteiger charge is 2.45. The van der Waals surface area contributed by atoms with E-state index in [0.29, 0.717) is 5.41 Å². The topological polar surface area (TPSA) is 29.3 Å². The van der Waals surface area contributed by atoms with Crippen molar-refractivity contribution in [2.75, 3.05) is 13.1 Å². The van der Waals surface area contributed by atoms with Gasteiger partial charge in [0.2, 0.25) is 0 Å². The first kappa shape index (κ1) is 10.8. The minimum Gasteiger partial charge on any atom is -0.378 e. The molecule has 0 radical (unpaired) electrons. The SMILES string of the molecule is C=CN1CCC2(CC1)Cc1ccccc1[C@H]2N. The Bertz CT molecular complexity index is 430. The number of hydrogen-bond donors (Lipinski definition) is 1. The molecule has 1 heterocycles. The Morgan fingerprint density at radius 3 is 2.65 bits per heavy atom. The van der Waals surface area contributed by atoms with Crippen molar-refractivity contribution < 1.29 is 0 Å². The fourth-order valence-electron chi connectivity index (χ4n) is 3.46. The smallest absolute Gasteiger partial charge is 0.0359 e. The van der Waals surface area contributed by atoms with E-state index >= 15 is 0 Å². The Balaban J connectivity index is 1.86. The molecule has 3 rings (SSSR count). The molecule has 0 saturated carbocycles. The van der Waals surface area contributed by atoms with E-state index in [9.17, 15) is 0 Å². The summed E-state index contributed by atoms with van der Waals surface area (Å²) >= 11 is 0. The number of benzene rings is 1. The Labute approximate surface area is 103 Å². The fourth-order valence-corrected chi connectivity index (χ4v) is 3.46. The first-order valence-corrected chi connectivity index (χ1v) is 6.45. The number of nitrogens with two attached hydrogens (primary N) is 1. The van der Waals surface area contributed by atoms with Crippen LogP contribution in [0.4, 0.5) is 0 Å². The predicted octanol–water partition coefficient (Wildman–Crippen LogP) is 2.47. The monoisotopic (exact) mass is 228 g/mol. The summed E-state index contributed by atoms with van der Waals surface area (Å²) < 4.78 is 0. The van der Waals surface area contributed by atoms with Crippen LogP contribution in [0.3, 0.4) is 0 Å². The molecule has 1 atom stereocenters. The van der Waals surface area contributed by atoms with Gasteiger partial charge in [-0.15, -0.1) is 0 Å². The largest absolute Gasteiger partial charge is 0.378 e. The third kappa shape index (κ3) is 1.59. The molecule has 0 aromatic heterocycles. The quantitative estimate of drug-likeness (QED) is 0.800. The predicted molar refractivity (Wildman–Crippen MR) is 70.5 cm³/mol. The van der Waals surface area contributed by atoms with Gasteiger partial charge in [0.15, 0.2) is 0 Å². The van der Waals surface area contributed by atoms with Gasteiger partial charge in [0.05, 0.1) is 0 Å². The Kier molecular flexibility index (Phi) is 2.48. The summed E-state index contributed by atoms with van der Waals surface area (Å²) in [4.78, 5) is 2.31. The van der Waals surface area contributed by atoms with Crippen molar-refractivity contribution in [3.8, 4) is 0 Å². The average molecular weight is 228 g/mol. The second kappa shape index (κ2) is 3.88. The molecule has 2 aliphatic rings. The number of fused-ring (bicyclic) bond motifs is 1. The van der Waals surface area contributed by atoms with Crippen molar-refractivity contribution in [2.45, 2.75) is 25.3 Å². The molecular weight excluding hydrogens is 208 g/mol. The molecule has 0 bridgehead atoms. The molecule has 90 valence electrons. The third-order valence-corrected chi connectivity index (χ3v) is 4.64. The van der Waals surface area contributed by atoms with Gasteiger partial charge in [0, 0.05) is 19.1 Å². The van der Waals surface area contributed by atoms with Crippen LogP contribution in [0.2, 0.25) is 0 Å². The molecule has 17 heavy (non-hydrogen) atoms. The average Bonchev–Trinajstić information content (AvgIpc) is 2.65. The molecule has 1 spiro atoms. The summed E-state index contributed by atoms with van der Waals surface area (Å²) in [5.74, 6) is 0. The summed E-state index contributed by atoms with van der Waals surface area (Å²) in [5.41, 5.74) is 9.65. The van der Waals surface area contributed by atoms with Crippen LogP contribution in [0, 0.1) is 5.41 Å². The van der Waals surface area contributed by atoms with Crippen LogP contribution in [0.5, 0.6) is 0 Å². The zero-order chi connectivity index (χ0) is 11.9. The van der Waals surface area contributed by atoms with E-state index in [4.69, 9.17) is 5.73 Å². The van der Waals surface area contributed by atoms with Gasteiger partial charge in [0.1, 0.15) is 0 Å². The maximum atomic E-state index is 6.50. The van der Waals surface area contributed by atoms with Gasteiger partial charge < -0.3 is 10.6 Å². The van der Waals surface area contributed by atoms with Crippen molar-refractivity contribution in [3.63, 3.8) is 0 Å². The fraction of sp³-hybridized carbons (Fsp3) is 0.467. The molecule has 1 aliphatic carbocycles. The molecule has 2 N–H and O–H groups in total. The summed E-state index contributed by atoms with van der Waals surface area (Å²) in [6.07, 6.45) is 5.50. The minimum absolute atomic E-state index is 0.227. The standard InChI is InChI=1S/C15H20N2/c1-2-17-9-7-15(8-10-17)11-12-5-3-4-6-13(12)14(15)16/h2-6,14H,1,7-11,16H2/t14-/m1/s1. The molecule has 2 nitrogen and oxygen atoms in total. The lowest BCUT2D eigenvalue weighted by Crippen LogP contribution is -2.42. The summed E-state index contributed by atoms with van der Waals surface area (Å²) in [6, 6.07) is 8.91. The van der Waals surface area contributed by atoms with Crippen LogP contribution in [0.15, 0.2) is 37.0 Å². The number of piperidine rings is 1. The second-order valence-electron chi connectivity index (χ2n) is 5.43. The van der Waals surface area contributed by atoms with Crippen molar-refractivity contribution in [1.29, 1.82) is 0 Å². The lowest BCUT2D eigenvalue weighted by molar-refractivity contribution is 0.117. The van der Waals surface area contributed by atoms with Crippen molar-refractivity contribution >= 4 is 0 Å². The zero-order valence-electron chi connectivity index (χ0n) is 10.2. The van der Waals surface area contributed by atoms with E-state index in [2.05, 4.69) is 35.7 Å². The van der Waals surface area contributed by atoms with Crippen molar-refractivity contribution in [1.82, 2.24) is 4.90 Å². The number of nitrogens with zero attached hydrogens (tertiary/aromatic N) is 1. The van der Waals surface area contributed by atoms with E-state index in [1.54, 1.807) is 0 Å². The molecule has 2 heteroatoms. The molecule has 1 fully saturated rings. The second-order valence-corrected chi connectivity index (χ2v) is 5.43. The highest BCUT2D eigenvalue weighted by molar-refractivity contribution is 5.38. The van der Waals surface area contributed by atoms with Crippen LogP contribution in [0.25, 0.3) is 0 Å². The molecule has 1 aliphatic heterocycles. The van der Waals surface area contributed by atoms with Crippen LogP contribution in [0.1, 0.15) is 30.0 Å². The van der Waals surface area contributed by atoms with Gasteiger partial charge in [-0.1, -0.05) is 30.8 Å². The van der Waals surface area contributed by atoms with E-state index in [1.165, 1.54) is 24.0 Å². The lowest BCUT2D eigenvalue weighted by Gasteiger charge is -2.41. The first-order chi connectivity index (χ1) is 8.25. The molecular formula is C15H20N2. The first-order valence-electron chi connectivity index (χ1n) is 6.45. The van der Waals surface area contributed by atoms with Crippen LogP contribution in [-0.4, -0.2) is 18.0 Å². The zero-order valence-corrected chi connectivity index (χ0v) is 10.2. The van der Waals surface area contributed by atoms with Crippen LogP contribution >= 0.6 is 0 Å². The summed E-state index contributed by atoms with van der Waals surface area (Å²) in [5, 5.41) is 0. The van der Waals surface area contributed by atoms with Gasteiger partial charge >= 0.3 is 0 Å². The molecule has 0 amide bonds. The highest BCUT2D eigenvalue weighted by Crippen LogP contribution is 2.50. The number of hydrogen-bond acceptors (Lipinski definition) is 2. The Hall–Kier alpha value is -1.28. The van der Waals surface area contributed by atoms with E-state index in [-0.39, 0.29) is 6.04 Å². The van der Waals surface area contributed by atoms with Gasteiger partial charge in [-0.25, -0.2) is 0 Å². The molecule has 1 aromatic rings. The van der Waals surface area contributed by atoms with Gasteiger partial charge in [0.25, 0.3) is 0 Å². The summed E-state index contributed by atoms with van der Waals surface area (Å²) in [7, 11) is 0. The summed E-state index contributed by atoms with van der Waals surface area (Å²) in [6.45, 7) is 6.06. The molecule has 0 unspecified atom stereocenters. The van der Waals surface area contributed by atoms with E-state index < -0.39 is 0 Å².